The summed E-state index contributed by atoms with van der Waals surface area (Å²) in [6.45, 7) is 0.511. The van der Waals surface area contributed by atoms with Gasteiger partial charge in [0.15, 0.2) is 0 Å². The van der Waals surface area contributed by atoms with Crippen LogP contribution in [0.15, 0.2) is 48.7 Å². The van der Waals surface area contributed by atoms with Crippen molar-refractivity contribution < 1.29 is 13.9 Å². The first-order valence-electron chi connectivity index (χ1n) is 7.97. The van der Waals surface area contributed by atoms with Gasteiger partial charge in [-0.1, -0.05) is 18.2 Å². The largest absolute Gasteiger partial charge is 0.493 e. The number of halogens is 1. The highest BCUT2D eigenvalue weighted by Gasteiger charge is 2.24. The molecule has 0 bridgehead atoms. The van der Waals surface area contributed by atoms with Gasteiger partial charge in [-0.2, -0.15) is 0 Å². The molecule has 0 saturated heterocycles. The summed E-state index contributed by atoms with van der Waals surface area (Å²) in [5.74, 6) is 0.233. The van der Waals surface area contributed by atoms with Gasteiger partial charge >= 0.3 is 0 Å². The number of aromatic nitrogens is 1. The monoisotopic (exact) mass is 324 g/mol. The topological polar surface area (TPSA) is 54.1 Å². The van der Waals surface area contributed by atoms with Gasteiger partial charge in [-0.25, -0.2) is 4.39 Å². The maximum absolute atomic E-state index is 13.5. The van der Waals surface area contributed by atoms with Crippen LogP contribution in [0.3, 0.4) is 0 Å². The number of para-hydroxylation sites is 1. The Labute approximate surface area is 138 Å². The van der Waals surface area contributed by atoms with Crippen LogP contribution >= 0.6 is 0 Å². The number of H-pyrrole nitrogens is 1. The van der Waals surface area contributed by atoms with E-state index in [9.17, 15) is 9.18 Å². The van der Waals surface area contributed by atoms with Gasteiger partial charge in [-0.05, 0) is 29.8 Å². The highest BCUT2D eigenvalue weighted by atomic mass is 19.1. The van der Waals surface area contributed by atoms with Gasteiger partial charge < -0.3 is 15.0 Å². The molecule has 2 heterocycles. The number of fused-ring (bicyclic) bond motifs is 2. The first-order chi connectivity index (χ1) is 11.7. The Morgan fingerprint density at radius 1 is 1.29 bits per heavy atom. The van der Waals surface area contributed by atoms with Gasteiger partial charge in [0.25, 0.3) is 0 Å². The minimum Gasteiger partial charge on any atom is -0.493 e. The van der Waals surface area contributed by atoms with Gasteiger partial charge in [0.1, 0.15) is 11.6 Å². The van der Waals surface area contributed by atoms with Crippen molar-refractivity contribution in [3.8, 4) is 5.75 Å². The number of amides is 1. The average molecular weight is 324 g/mol. The van der Waals surface area contributed by atoms with E-state index in [0.29, 0.717) is 24.3 Å². The summed E-state index contributed by atoms with van der Waals surface area (Å²) in [7, 11) is 0. The van der Waals surface area contributed by atoms with E-state index in [-0.39, 0.29) is 24.2 Å². The Hall–Kier alpha value is -2.82. The van der Waals surface area contributed by atoms with Crippen LogP contribution in [-0.2, 0) is 11.2 Å². The molecule has 0 fully saturated rings. The Kier molecular flexibility index (Phi) is 3.69. The number of carbonyl (C=O) groups is 1. The number of aromatic amines is 1. The van der Waals surface area contributed by atoms with Crippen molar-refractivity contribution in [3.05, 3.63) is 65.6 Å². The van der Waals surface area contributed by atoms with Gasteiger partial charge in [0.2, 0.25) is 5.91 Å². The molecule has 4 nitrogen and oxygen atoms in total. The summed E-state index contributed by atoms with van der Waals surface area (Å²) in [5, 5.41) is 4.05. The molecular weight excluding hydrogens is 307 g/mol. The predicted molar refractivity (Wildman–Crippen MR) is 89.4 cm³/mol. The number of hydrogen-bond acceptors (Lipinski definition) is 2. The van der Waals surface area contributed by atoms with Crippen LogP contribution in [0.25, 0.3) is 10.9 Å². The molecule has 122 valence electrons. The minimum absolute atomic E-state index is 0.0816. The number of carbonyl (C=O) groups excluding carboxylic acids is 1. The van der Waals surface area contributed by atoms with Crippen molar-refractivity contribution in [2.75, 3.05) is 6.61 Å². The van der Waals surface area contributed by atoms with Crippen molar-refractivity contribution in [1.82, 2.24) is 10.3 Å². The summed E-state index contributed by atoms with van der Waals surface area (Å²) >= 11 is 0. The molecule has 5 heteroatoms. The third-order valence-corrected chi connectivity index (χ3v) is 4.37. The molecule has 0 spiro atoms. The van der Waals surface area contributed by atoms with Crippen molar-refractivity contribution in [2.45, 2.75) is 18.9 Å². The van der Waals surface area contributed by atoms with E-state index in [1.165, 1.54) is 12.1 Å². The molecule has 0 aliphatic carbocycles. The van der Waals surface area contributed by atoms with Crippen molar-refractivity contribution in [3.63, 3.8) is 0 Å². The van der Waals surface area contributed by atoms with E-state index >= 15 is 0 Å². The molecular formula is C19H17FN2O2. The first-order valence-corrected chi connectivity index (χ1v) is 7.97. The second-order valence-electron chi connectivity index (χ2n) is 5.98. The quantitative estimate of drug-likeness (QED) is 0.775. The van der Waals surface area contributed by atoms with E-state index in [1.54, 1.807) is 6.07 Å². The van der Waals surface area contributed by atoms with E-state index < -0.39 is 0 Å². The molecule has 1 amide bonds. The Bertz CT molecular complexity index is 903. The average Bonchev–Trinajstić information content (AvgIpc) is 2.98. The highest BCUT2D eigenvalue weighted by Crippen LogP contribution is 2.32. The molecule has 0 saturated carbocycles. The normalized spacial score (nSPS) is 16.5. The standard InChI is InChI=1S/C19H17FN2O2/c20-13-5-6-18-15(10-13)17(7-8-24-18)22-19(23)9-12-11-21-16-4-2-1-3-14(12)16/h1-6,10-11,17,21H,7-9H2,(H,22,23). The third-order valence-electron chi connectivity index (χ3n) is 4.37. The van der Waals surface area contributed by atoms with Crippen LogP contribution in [0, 0.1) is 5.82 Å². The van der Waals surface area contributed by atoms with Crippen LogP contribution in [0.2, 0.25) is 0 Å². The Morgan fingerprint density at radius 2 is 2.17 bits per heavy atom. The summed E-state index contributed by atoms with van der Waals surface area (Å²) in [6, 6.07) is 12.1. The van der Waals surface area contributed by atoms with Gasteiger partial charge in [-0.15, -0.1) is 0 Å². The predicted octanol–water partition coefficient (Wildman–Crippen LogP) is 3.49. The zero-order valence-electron chi connectivity index (χ0n) is 13.0. The molecule has 1 aliphatic rings. The van der Waals surface area contributed by atoms with Crippen molar-refractivity contribution in [2.24, 2.45) is 0 Å². The van der Waals surface area contributed by atoms with Crippen LogP contribution < -0.4 is 10.1 Å². The minimum atomic E-state index is -0.324. The first kappa shape index (κ1) is 14.8. The molecule has 24 heavy (non-hydrogen) atoms. The lowest BCUT2D eigenvalue weighted by Gasteiger charge is -2.26. The Balaban J connectivity index is 1.52. The second kappa shape index (κ2) is 6.00. The molecule has 2 N–H and O–H groups in total. The molecule has 4 rings (SSSR count). The van der Waals surface area contributed by atoms with E-state index in [0.717, 1.165) is 16.5 Å². The number of nitrogens with one attached hydrogen (secondary N) is 2. The number of rotatable bonds is 3. The van der Waals surface area contributed by atoms with Crippen LogP contribution in [-0.4, -0.2) is 17.5 Å². The summed E-state index contributed by atoms with van der Waals surface area (Å²) in [6.07, 6.45) is 2.78. The fourth-order valence-corrected chi connectivity index (χ4v) is 3.21. The van der Waals surface area contributed by atoms with Gasteiger partial charge in [0.05, 0.1) is 19.1 Å². The lowest BCUT2D eigenvalue weighted by Crippen LogP contribution is -2.33. The summed E-state index contributed by atoms with van der Waals surface area (Å²) < 4.78 is 19.0. The molecule has 1 aromatic heterocycles. The number of hydrogen-bond donors (Lipinski definition) is 2. The maximum Gasteiger partial charge on any atom is 0.224 e. The zero-order chi connectivity index (χ0) is 16.5. The maximum atomic E-state index is 13.5. The van der Waals surface area contributed by atoms with Gasteiger partial charge in [0, 0.05) is 29.1 Å². The van der Waals surface area contributed by atoms with E-state index in [1.807, 2.05) is 30.5 Å². The molecule has 1 unspecified atom stereocenters. The van der Waals surface area contributed by atoms with Crippen LogP contribution in [0.1, 0.15) is 23.6 Å². The van der Waals surface area contributed by atoms with Gasteiger partial charge in [-0.3, -0.25) is 4.79 Å². The fourth-order valence-electron chi connectivity index (χ4n) is 3.21. The number of ether oxygens (including phenoxy) is 1. The van der Waals surface area contributed by atoms with Crippen LogP contribution in [0.5, 0.6) is 5.75 Å². The Morgan fingerprint density at radius 3 is 3.08 bits per heavy atom. The molecule has 2 aromatic carbocycles. The highest BCUT2D eigenvalue weighted by molar-refractivity contribution is 5.89. The number of benzene rings is 2. The summed E-state index contributed by atoms with van der Waals surface area (Å²) in [4.78, 5) is 15.6. The molecule has 1 aliphatic heterocycles. The van der Waals surface area contributed by atoms with Crippen molar-refractivity contribution >= 4 is 16.8 Å². The lowest BCUT2D eigenvalue weighted by atomic mass is 10.00. The lowest BCUT2D eigenvalue weighted by molar-refractivity contribution is -0.121. The SMILES string of the molecule is O=C(Cc1c[nH]c2ccccc12)NC1CCOc2ccc(F)cc21. The molecule has 1 atom stereocenters. The zero-order valence-corrected chi connectivity index (χ0v) is 13.0. The smallest absolute Gasteiger partial charge is 0.224 e. The molecule has 3 aromatic rings. The van der Waals surface area contributed by atoms with E-state index in [2.05, 4.69) is 10.3 Å². The summed E-state index contributed by atoms with van der Waals surface area (Å²) in [5.41, 5.74) is 2.67. The second-order valence-corrected chi connectivity index (χ2v) is 5.98. The third kappa shape index (κ3) is 2.73. The molecule has 0 radical (unpaired) electrons. The van der Waals surface area contributed by atoms with Crippen molar-refractivity contribution in [1.29, 1.82) is 0 Å². The van der Waals surface area contributed by atoms with Crippen LogP contribution in [0.4, 0.5) is 4.39 Å². The van der Waals surface area contributed by atoms with E-state index in [4.69, 9.17) is 4.74 Å². The fraction of sp³-hybridized carbons (Fsp3) is 0.211.